The molecule has 0 radical (unpaired) electrons. The summed E-state index contributed by atoms with van der Waals surface area (Å²) in [7, 11) is 0. The molecule has 1 heterocycles. The van der Waals surface area contributed by atoms with Crippen molar-refractivity contribution in [2.24, 2.45) is 11.7 Å². The van der Waals surface area contributed by atoms with Crippen LogP contribution in [-0.2, 0) is 4.79 Å². The van der Waals surface area contributed by atoms with Crippen LogP contribution in [0.4, 0.5) is 0 Å². The number of halogens is 1. The number of likely N-dealkylation sites (tertiary alicyclic amines) is 1. The molecule has 0 bridgehead atoms. The number of nitrogens with two attached hydrogens (primary N) is 1. The van der Waals surface area contributed by atoms with E-state index in [1.54, 1.807) is 0 Å². The maximum atomic E-state index is 12.9. The van der Waals surface area contributed by atoms with Gasteiger partial charge in [-0.05, 0) is 51.8 Å². The van der Waals surface area contributed by atoms with Crippen molar-refractivity contribution in [3.63, 3.8) is 0 Å². The molecule has 0 aliphatic carbocycles. The minimum Gasteiger partial charge on any atom is -0.353 e. The van der Waals surface area contributed by atoms with Gasteiger partial charge in [-0.25, -0.2) is 0 Å². The van der Waals surface area contributed by atoms with Crippen LogP contribution in [-0.4, -0.2) is 47.6 Å². The maximum Gasteiger partial charge on any atom is 0.255 e. The molecule has 25 heavy (non-hydrogen) atoms. The zero-order chi connectivity index (χ0) is 17.7. The van der Waals surface area contributed by atoms with Gasteiger partial charge in [0.05, 0.1) is 11.3 Å². The van der Waals surface area contributed by atoms with E-state index < -0.39 is 0 Å². The molecule has 0 spiro atoms. The lowest BCUT2D eigenvalue weighted by molar-refractivity contribution is -0.119. The van der Waals surface area contributed by atoms with Crippen LogP contribution < -0.4 is 11.1 Å². The molecule has 5 nitrogen and oxygen atoms in total. The number of nitrogens with zero attached hydrogens (tertiary/aromatic N) is 1. The van der Waals surface area contributed by atoms with Crippen molar-refractivity contribution in [2.75, 3.05) is 18.8 Å². The number of hydrogen-bond donors (Lipinski definition) is 2. The summed E-state index contributed by atoms with van der Waals surface area (Å²) in [6.07, 6.45) is 0.953. The minimum absolute atomic E-state index is 0. The zero-order valence-corrected chi connectivity index (χ0v) is 16.7. The Balaban J connectivity index is 0.00000312. The van der Waals surface area contributed by atoms with E-state index in [0.717, 1.165) is 11.3 Å². The third-order valence-electron chi connectivity index (χ3n) is 4.18. The number of rotatable bonds is 6. The third kappa shape index (κ3) is 5.90. The van der Waals surface area contributed by atoms with Crippen molar-refractivity contribution in [1.29, 1.82) is 0 Å². The van der Waals surface area contributed by atoms with Crippen molar-refractivity contribution in [3.05, 3.63) is 29.8 Å². The maximum absolute atomic E-state index is 12.9. The Labute approximate surface area is 160 Å². The van der Waals surface area contributed by atoms with Crippen molar-refractivity contribution in [3.8, 4) is 0 Å². The fourth-order valence-corrected chi connectivity index (χ4v) is 3.88. The molecule has 2 atom stereocenters. The van der Waals surface area contributed by atoms with Crippen LogP contribution in [0, 0.1) is 5.92 Å². The van der Waals surface area contributed by atoms with Gasteiger partial charge in [-0.2, -0.15) is 0 Å². The van der Waals surface area contributed by atoms with Crippen molar-refractivity contribution in [1.82, 2.24) is 10.2 Å². The van der Waals surface area contributed by atoms with Gasteiger partial charge in [-0.3, -0.25) is 9.59 Å². The molecule has 0 saturated carbocycles. The largest absolute Gasteiger partial charge is 0.353 e. The Morgan fingerprint density at radius 3 is 2.64 bits per heavy atom. The predicted molar refractivity (Wildman–Crippen MR) is 105 cm³/mol. The summed E-state index contributed by atoms with van der Waals surface area (Å²) < 4.78 is 0. The molecule has 1 aliphatic rings. The summed E-state index contributed by atoms with van der Waals surface area (Å²) in [6, 6.07) is 7.83. The Kier molecular flexibility index (Phi) is 8.76. The molecule has 1 aromatic rings. The lowest BCUT2D eigenvalue weighted by atomic mass is 10.1. The molecular formula is C18H28ClN3O2S. The Bertz CT molecular complexity index is 597. The Morgan fingerprint density at radius 2 is 2.04 bits per heavy atom. The van der Waals surface area contributed by atoms with Crippen LogP contribution in [0.3, 0.4) is 0 Å². The van der Waals surface area contributed by atoms with E-state index in [9.17, 15) is 9.59 Å². The minimum atomic E-state index is -0.0185. The molecule has 3 N–H and O–H groups in total. The second kappa shape index (κ2) is 10.0. The fourth-order valence-electron chi connectivity index (χ4n) is 3.03. The molecule has 2 amide bonds. The fraction of sp³-hybridized carbons (Fsp3) is 0.556. The second-order valence-corrected chi connectivity index (χ2v) is 7.67. The number of carbonyl (C=O) groups is 2. The zero-order valence-electron chi connectivity index (χ0n) is 15.0. The van der Waals surface area contributed by atoms with E-state index in [1.807, 2.05) is 43.0 Å². The number of amides is 2. The number of benzene rings is 1. The van der Waals surface area contributed by atoms with Gasteiger partial charge in [-0.1, -0.05) is 12.1 Å². The number of nitrogens with one attached hydrogen (secondary N) is 1. The van der Waals surface area contributed by atoms with Gasteiger partial charge in [0.1, 0.15) is 0 Å². The first-order chi connectivity index (χ1) is 11.4. The highest BCUT2D eigenvalue weighted by Gasteiger charge is 2.32. The van der Waals surface area contributed by atoms with Crippen LogP contribution in [0.2, 0.25) is 0 Å². The Hall–Kier alpha value is -1.24. The standard InChI is InChI=1S/C18H27N3O2S.ClH/c1-12(2)20-17(22)11-24-16-7-5-4-6-15(16)18(23)21-10-14(9-19)8-13(21)3;/h4-7,12-14H,8-11,19H2,1-3H3,(H,20,22);1H. The molecule has 140 valence electrons. The summed E-state index contributed by atoms with van der Waals surface area (Å²) >= 11 is 1.41. The normalized spacial score (nSPS) is 19.6. The first kappa shape index (κ1) is 21.8. The highest BCUT2D eigenvalue weighted by molar-refractivity contribution is 8.00. The first-order valence-electron chi connectivity index (χ1n) is 8.44. The van der Waals surface area contributed by atoms with E-state index in [1.165, 1.54) is 11.8 Å². The van der Waals surface area contributed by atoms with Gasteiger partial charge in [-0.15, -0.1) is 24.2 Å². The van der Waals surface area contributed by atoms with Gasteiger partial charge in [0, 0.05) is 23.5 Å². The quantitative estimate of drug-likeness (QED) is 0.738. The topological polar surface area (TPSA) is 75.4 Å². The summed E-state index contributed by atoms with van der Waals surface area (Å²) in [5, 5.41) is 2.87. The molecule has 0 aromatic heterocycles. The second-order valence-electron chi connectivity index (χ2n) is 6.65. The van der Waals surface area contributed by atoms with E-state index in [0.29, 0.717) is 30.3 Å². The monoisotopic (exact) mass is 385 g/mol. The predicted octanol–water partition coefficient (Wildman–Crippen LogP) is 2.53. The van der Waals surface area contributed by atoms with Crippen LogP contribution >= 0.6 is 24.2 Å². The lowest BCUT2D eigenvalue weighted by Crippen LogP contribution is -2.35. The summed E-state index contributed by atoms with van der Waals surface area (Å²) in [6.45, 7) is 7.26. The molecule has 7 heteroatoms. The molecule has 2 rings (SSSR count). The lowest BCUT2D eigenvalue weighted by Gasteiger charge is -2.23. The van der Waals surface area contributed by atoms with Gasteiger partial charge in [0.25, 0.3) is 5.91 Å². The molecule has 1 fully saturated rings. The van der Waals surface area contributed by atoms with Crippen LogP contribution in [0.1, 0.15) is 37.6 Å². The van der Waals surface area contributed by atoms with Crippen LogP contribution in [0.25, 0.3) is 0 Å². The number of thioether (sulfide) groups is 1. The van der Waals surface area contributed by atoms with Crippen molar-refractivity contribution in [2.45, 2.75) is 44.2 Å². The molecule has 1 aliphatic heterocycles. The van der Waals surface area contributed by atoms with E-state index in [-0.39, 0.29) is 36.3 Å². The van der Waals surface area contributed by atoms with Crippen molar-refractivity contribution < 1.29 is 9.59 Å². The van der Waals surface area contributed by atoms with E-state index in [2.05, 4.69) is 12.2 Å². The molecule has 1 aromatic carbocycles. The van der Waals surface area contributed by atoms with Gasteiger partial charge in [0.2, 0.25) is 5.91 Å². The summed E-state index contributed by atoms with van der Waals surface area (Å²) in [5.41, 5.74) is 6.43. The molecule has 1 saturated heterocycles. The van der Waals surface area contributed by atoms with Crippen LogP contribution in [0.15, 0.2) is 29.2 Å². The number of hydrogen-bond acceptors (Lipinski definition) is 4. The third-order valence-corrected chi connectivity index (χ3v) is 5.26. The summed E-state index contributed by atoms with van der Waals surface area (Å²) in [5.74, 6) is 0.699. The summed E-state index contributed by atoms with van der Waals surface area (Å²) in [4.78, 5) is 27.5. The van der Waals surface area contributed by atoms with E-state index >= 15 is 0 Å². The van der Waals surface area contributed by atoms with Crippen molar-refractivity contribution >= 4 is 36.0 Å². The smallest absolute Gasteiger partial charge is 0.255 e. The highest BCUT2D eigenvalue weighted by atomic mass is 35.5. The SMILES string of the molecule is CC(C)NC(=O)CSc1ccccc1C(=O)N1CC(CN)CC1C.Cl. The van der Waals surface area contributed by atoms with Gasteiger partial charge < -0.3 is 16.0 Å². The molecule has 2 unspecified atom stereocenters. The van der Waals surface area contributed by atoms with Crippen LogP contribution in [0.5, 0.6) is 0 Å². The Morgan fingerprint density at radius 1 is 1.36 bits per heavy atom. The number of carbonyl (C=O) groups excluding carboxylic acids is 2. The first-order valence-corrected chi connectivity index (χ1v) is 9.43. The molecular weight excluding hydrogens is 358 g/mol. The average Bonchev–Trinajstić information content (AvgIpc) is 2.93. The highest BCUT2D eigenvalue weighted by Crippen LogP contribution is 2.28. The van der Waals surface area contributed by atoms with E-state index in [4.69, 9.17) is 5.73 Å². The average molecular weight is 386 g/mol. The van der Waals surface area contributed by atoms with Gasteiger partial charge >= 0.3 is 0 Å². The van der Waals surface area contributed by atoms with Gasteiger partial charge in [0.15, 0.2) is 0 Å².